The molecule has 2 unspecified atom stereocenters. The van der Waals surface area contributed by atoms with E-state index in [1.807, 2.05) is 0 Å². The lowest BCUT2D eigenvalue weighted by Crippen LogP contribution is -2.45. The number of ether oxygens (including phenoxy) is 2. The second-order valence-corrected chi connectivity index (χ2v) is 11.0. The summed E-state index contributed by atoms with van der Waals surface area (Å²) in [5.41, 5.74) is -4.70. The average molecular weight is 552 g/mol. The lowest BCUT2D eigenvalue weighted by molar-refractivity contribution is -0.137. The Hall–Kier alpha value is -3.92. The number of alkyl halides is 3. The second-order valence-electron chi connectivity index (χ2n) is 9.56. The summed E-state index contributed by atoms with van der Waals surface area (Å²) in [7, 11) is -1.61. The molecule has 2 atom stereocenters. The van der Waals surface area contributed by atoms with Crippen LogP contribution in [0.4, 0.5) is 28.4 Å². The van der Waals surface area contributed by atoms with E-state index >= 15 is 0 Å². The van der Waals surface area contributed by atoms with Crippen molar-refractivity contribution in [3.63, 3.8) is 0 Å². The molecule has 3 amide bonds. The van der Waals surface area contributed by atoms with E-state index in [2.05, 4.69) is 0 Å². The first-order valence-electron chi connectivity index (χ1n) is 11.1. The smallest absolute Gasteiger partial charge is 0.428 e. The molecule has 9 nitrogen and oxygen atoms in total. The predicted molar refractivity (Wildman–Crippen MR) is 130 cm³/mol. The highest BCUT2D eigenvalue weighted by Gasteiger charge is 2.56. The summed E-state index contributed by atoms with van der Waals surface area (Å²) >= 11 is 0. The Balaban J connectivity index is 2.04. The molecule has 38 heavy (non-hydrogen) atoms. The maximum atomic E-state index is 13.7. The standard InChI is InChI=1S/C25H24F3N3O6S/c1-23(2,3)37-22(34)36-18-10-7-16(8-11-18)24(4)20(32)31(21(33)30(24)14-38(5)35)17-9-6-15(13-29)19(12-17)25(26,27)28/h6-12H,14H2,1-5H3. The molecule has 0 saturated carbocycles. The molecule has 0 bridgehead atoms. The number of benzene rings is 2. The van der Waals surface area contributed by atoms with Gasteiger partial charge in [0, 0.05) is 17.1 Å². The minimum atomic E-state index is -4.91. The van der Waals surface area contributed by atoms with Crippen LogP contribution in [0.2, 0.25) is 0 Å². The van der Waals surface area contributed by atoms with Gasteiger partial charge in [0.1, 0.15) is 16.9 Å². The van der Waals surface area contributed by atoms with Crippen LogP contribution in [-0.4, -0.2) is 44.9 Å². The highest BCUT2D eigenvalue weighted by Crippen LogP contribution is 2.42. The van der Waals surface area contributed by atoms with Crippen LogP contribution in [0.3, 0.4) is 0 Å². The third-order valence-electron chi connectivity index (χ3n) is 5.59. The van der Waals surface area contributed by atoms with Crippen LogP contribution in [-0.2, 0) is 32.0 Å². The fourth-order valence-electron chi connectivity index (χ4n) is 3.82. The number of carbonyl (C=O) groups excluding carboxylic acids is 3. The SMILES string of the molecule is CS(=O)CN1C(=O)N(c2ccc(C#N)c(C(F)(F)F)c2)C(=O)C1(C)c1ccc(OC(=O)OC(C)(C)C)cc1. The van der Waals surface area contributed by atoms with E-state index < -0.39 is 68.9 Å². The molecule has 0 N–H and O–H groups in total. The van der Waals surface area contributed by atoms with Crippen molar-refractivity contribution in [3.05, 3.63) is 59.2 Å². The van der Waals surface area contributed by atoms with Gasteiger partial charge < -0.3 is 9.47 Å². The van der Waals surface area contributed by atoms with Crippen LogP contribution in [0.5, 0.6) is 5.75 Å². The first-order chi connectivity index (χ1) is 17.5. The number of anilines is 1. The number of rotatable bonds is 5. The normalized spacial score (nSPS) is 18.8. The summed E-state index contributed by atoms with van der Waals surface area (Å²) < 4.78 is 63.0. The van der Waals surface area contributed by atoms with Crippen LogP contribution in [0.15, 0.2) is 42.5 Å². The van der Waals surface area contributed by atoms with E-state index in [0.717, 1.165) is 17.0 Å². The second kappa shape index (κ2) is 10.1. The molecule has 2 aromatic rings. The average Bonchev–Trinajstić information content (AvgIpc) is 2.98. The van der Waals surface area contributed by atoms with E-state index in [4.69, 9.17) is 14.7 Å². The molecular weight excluding hydrogens is 527 g/mol. The first-order valence-corrected chi connectivity index (χ1v) is 12.8. The Morgan fingerprint density at radius 3 is 2.21 bits per heavy atom. The maximum absolute atomic E-state index is 13.7. The third kappa shape index (κ3) is 5.65. The van der Waals surface area contributed by atoms with Gasteiger partial charge in [0.2, 0.25) is 0 Å². The van der Waals surface area contributed by atoms with Crippen molar-refractivity contribution in [1.82, 2.24) is 4.90 Å². The Kier molecular flexibility index (Phi) is 7.61. The van der Waals surface area contributed by atoms with Crippen molar-refractivity contribution in [2.75, 3.05) is 17.0 Å². The van der Waals surface area contributed by atoms with Gasteiger partial charge in [0.15, 0.2) is 0 Å². The van der Waals surface area contributed by atoms with Gasteiger partial charge in [0.25, 0.3) is 5.91 Å². The number of nitriles is 1. The van der Waals surface area contributed by atoms with Crippen molar-refractivity contribution in [2.24, 2.45) is 0 Å². The zero-order valence-electron chi connectivity index (χ0n) is 21.1. The fraction of sp³-hybridized carbons (Fsp3) is 0.360. The molecule has 1 fully saturated rings. The first kappa shape index (κ1) is 28.6. The maximum Gasteiger partial charge on any atom is 0.514 e. The molecule has 0 aromatic heterocycles. The summed E-state index contributed by atoms with van der Waals surface area (Å²) in [5, 5.41) is 9.07. The van der Waals surface area contributed by atoms with E-state index in [-0.39, 0.29) is 11.3 Å². The summed E-state index contributed by atoms with van der Waals surface area (Å²) in [6.07, 6.45) is -4.56. The minimum Gasteiger partial charge on any atom is -0.428 e. The zero-order valence-corrected chi connectivity index (χ0v) is 21.9. The molecule has 2 aromatic carbocycles. The zero-order chi connectivity index (χ0) is 28.6. The number of urea groups is 1. The highest BCUT2D eigenvalue weighted by molar-refractivity contribution is 7.84. The van der Waals surface area contributed by atoms with Crippen LogP contribution in [0.25, 0.3) is 0 Å². The number of hydrogen-bond donors (Lipinski definition) is 0. The molecule has 0 spiro atoms. The van der Waals surface area contributed by atoms with Crippen molar-refractivity contribution in [3.8, 4) is 11.8 Å². The van der Waals surface area contributed by atoms with Gasteiger partial charge in [0.05, 0.1) is 28.8 Å². The number of halogens is 3. The number of hydrogen-bond acceptors (Lipinski definition) is 7. The molecule has 1 aliphatic heterocycles. The van der Waals surface area contributed by atoms with Crippen LogP contribution < -0.4 is 9.64 Å². The quantitative estimate of drug-likeness (QED) is 0.294. The van der Waals surface area contributed by atoms with Gasteiger partial charge in [-0.1, -0.05) is 12.1 Å². The van der Waals surface area contributed by atoms with E-state index in [1.54, 1.807) is 20.8 Å². The van der Waals surface area contributed by atoms with E-state index in [0.29, 0.717) is 11.0 Å². The highest BCUT2D eigenvalue weighted by atomic mass is 32.2. The molecule has 1 heterocycles. The molecule has 0 radical (unpaired) electrons. The lowest BCUT2D eigenvalue weighted by atomic mass is 9.90. The van der Waals surface area contributed by atoms with Gasteiger partial charge in [-0.05, 0) is 63.6 Å². The van der Waals surface area contributed by atoms with Crippen LogP contribution in [0.1, 0.15) is 44.4 Å². The molecule has 202 valence electrons. The summed E-state index contributed by atoms with van der Waals surface area (Å²) in [4.78, 5) is 40.6. The number of amides is 3. The summed E-state index contributed by atoms with van der Waals surface area (Å²) in [6, 6.07) is 8.47. The molecule has 1 aliphatic rings. The Bertz CT molecular complexity index is 1350. The monoisotopic (exact) mass is 551 g/mol. The van der Waals surface area contributed by atoms with Crippen molar-refractivity contribution >= 4 is 34.6 Å². The third-order valence-corrected chi connectivity index (χ3v) is 6.21. The predicted octanol–water partition coefficient (Wildman–Crippen LogP) is 4.91. The molecular formula is C25H24F3N3O6S. The number of nitrogens with zero attached hydrogens (tertiary/aromatic N) is 3. The van der Waals surface area contributed by atoms with Gasteiger partial charge in [-0.15, -0.1) is 0 Å². The lowest BCUT2D eigenvalue weighted by Gasteiger charge is -2.31. The number of carbonyl (C=O) groups is 3. The topological polar surface area (TPSA) is 117 Å². The van der Waals surface area contributed by atoms with E-state index in [9.17, 15) is 31.8 Å². The van der Waals surface area contributed by atoms with E-state index in [1.165, 1.54) is 43.5 Å². The Labute approximate surface area is 219 Å². The molecule has 3 rings (SSSR count). The van der Waals surface area contributed by atoms with Crippen molar-refractivity contribution in [1.29, 1.82) is 5.26 Å². The van der Waals surface area contributed by atoms with Crippen molar-refractivity contribution < 1.29 is 41.2 Å². The Morgan fingerprint density at radius 2 is 1.71 bits per heavy atom. The van der Waals surface area contributed by atoms with Crippen LogP contribution >= 0.6 is 0 Å². The molecule has 13 heteroatoms. The minimum absolute atomic E-state index is 0.0766. The van der Waals surface area contributed by atoms with Crippen LogP contribution in [0, 0.1) is 11.3 Å². The van der Waals surface area contributed by atoms with Gasteiger partial charge in [-0.3, -0.25) is 13.9 Å². The van der Waals surface area contributed by atoms with Gasteiger partial charge >= 0.3 is 18.4 Å². The summed E-state index contributed by atoms with van der Waals surface area (Å²) in [5.74, 6) is -1.21. The number of imide groups is 1. The fourth-order valence-corrected chi connectivity index (χ4v) is 4.56. The Morgan fingerprint density at radius 1 is 1.11 bits per heavy atom. The van der Waals surface area contributed by atoms with Gasteiger partial charge in [-0.2, -0.15) is 18.4 Å². The summed E-state index contributed by atoms with van der Waals surface area (Å²) in [6.45, 7) is 6.34. The van der Waals surface area contributed by atoms with Crippen molar-refractivity contribution in [2.45, 2.75) is 45.0 Å². The molecule has 0 aliphatic carbocycles. The van der Waals surface area contributed by atoms with Gasteiger partial charge in [-0.25, -0.2) is 14.5 Å². The molecule has 1 saturated heterocycles. The largest absolute Gasteiger partial charge is 0.514 e.